The van der Waals surface area contributed by atoms with Gasteiger partial charge in [0.25, 0.3) is 5.91 Å². The molecule has 3 rings (SSSR count). The summed E-state index contributed by atoms with van der Waals surface area (Å²) in [5.74, 6) is 0.846. The molecular weight excluding hydrogens is 344 g/mol. The number of methoxy groups -OCH3 is 1. The summed E-state index contributed by atoms with van der Waals surface area (Å²) >= 11 is 0. The quantitative estimate of drug-likeness (QED) is 0.673. The summed E-state index contributed by atoms with van der Waals surface area (Å²) in [7, 11) is 1.58. The Morgan fingerprint density at radius 1 is 1.04 bits per heavy atom. The van der Waals surface area contributed by atoms with Crippen LogP contribution in [-0.4, -0.2) is 18.9 Å². The molecule has 3 aromatic rings. The van der Waals surface area contributed by atoms with Gasteiger partial charge in [0.05, 0.1) is 37.6 Å². The predicted octanol–water partition coefficient (Wildman–Crippen LogP) is 3.40. The molecule has 0 bridgehead atoms. The third kappa shape index (κ3) is 4.98. The van der Waals surface area contributed by atoms with Gasteiger partial charge in [0, 0.05) is 0 Å². The number of benzene rings is 2. The molecule has 1 aromatic heterocycles. The topological polar surface area (TPSA) is 80.6 Å². The molecular formula is C21H20N2O4. The molecule has 6 nitrogen and oxygen atoms in total. The molecule has 1 heterocycles. The fourth-order valence-corrected chi connectivity index (χ4v) is 2.63. The van der Waals surface area contributed by atoms with E-state index in [9.17, 15) is 9.59 Å². The molecule has 138 valence electrons. The summed E-state index contributed by atoms with van der Waals surface area (Å²) in [6, 6.07) is 17.7. The van der Waals surface area contributed by atoms with E-state index in [1.54, 1.807) is 49.8 Å². The maximum Gasteiger partial charge on any atom is 0.253 e. The van der Waals surface area contributed by atoms with Crippen LogP contribution < -0.4 is 15.4 Å². The lowest BCUT2D eigenvalue weighted by molar-refractivity contribution is -0.115. The van der Waals surface area contributed by atoms with Gasteiger partial charge < -0.3 is 19.8 Å². The Morgan fingerprint density at radius 2 is 1.89 bits per heavy atom. The lowest BCUT2D eigenvalue weighted by Crippen LogP contribution is -2.25. The fraction of sp³-hybridized carbons (Fsp3) is 0.143. The average Bonchev–Trinajstić information content (AvgIpc) is 3.20. The molecule has 2 amide bonds. The molecule has 0 fully saturated rings. The number of ether oxygens (including phenoxy) is 1. The second-order valence-corrected chi connectivity index (χ2v) is 5.88. The first kappa shape index (κ1) is 18.3. The van der Waals surface area contributed by atoms with Crippen molar-refractivity contribution in [3.63, 3.8) is 0 Å². The molecule has 0 radical (unpaired) electrons. The summed E-state index contributed by atoms with van der Waals surface area (Å²) in [6.07, 6.45) is 1.73. The number of para-hydroxylation sites is 1. The Hall–Kier alpha value is -3.54. The summed E-state index contributed by atoms with van der Waals surface area (Å²) in [4.78, 5) is 24.9. The second-order valence-electron chi connectivity index (χ2n) is 5.88. The zero-order valence-electron chi connectivity index (χ0n) is 14.9. The maximum atomic E-state index is 12.5. The van der Waals surface area contributed by atoms with E-state index in [0.717, 1.165) is 5.56 Å². The zero-order chi connectivity index (χ0) is 19.1. The molecule has 2 aromatic carbocycles. The first-order valence-corrected chi connectivity index (χ1v) is 8.48. The van der Waals surface area contributed by atoms with Gasteiger partial charge in [-0.05, 0) is 42.0 Å². The zero-order valence-corrected chi connectivity index (χ0v) is 14.9. The lowest BCUT2D eigenvalue weighted by atomic mass is 10.1. The summed E-state index contributed by atoms with van der Waals surface area (Å²) < 4.78 is 10.4. The van der Waals surface area contributed by atoms with Gasteiger partial charge in [-0.2, -0.15) is 0 Å². The monoisotopic (exact) mass is 364 g/mol. The highest BCUT2D eigenvalue weighted by Gasteiger charge is 2.14. The van der Waals surface area contributed by atoms with Gasteiger partial charge >= 0.3 is 0 Å². The summed E-state index contributed by atoms with van der Waals surface area (Å²) in [5, 5.41) is 5.59. The Bertz CT molecular complexity index is 919. The standard InChI is InChI=1S/C21H20N2O4/c1-26-16-7-4-6-15(12-16)13-20(24)23-19-10-3-2-9-18(19)21(25)22-14-17-8-5-11-27-17/h2-12H,13-14H2,1H3,(H,22,25)(H,23,24). The first-order valence-electron chi connectivity index (χ1n) is 8.48. The first-order chi connectivity index (χ1) is 13.2. The average molecular weight is 364 g/mol. The van der Waals surface area contributed by atoms with Crippen LogP contribution in [0.5, 0.6) is 5.75 Å². The Kier molecular flexibility index (Phi) is 5.89. The Labute approximate surface area is 157 Å². The van der Waals surface area contributed by atoms with E-state index in [0.29, 0.717) is 22.8 Å². The van der Waals surface area contributed by atoms with Crippen molar-refractivity contribution in [1.82, 2.24) is 5.32 Å². The van der Waals surface area contributed by atoms with Crippen molar-refractivity contribution in [2.45, 2.75) is 13.0 Å². The van der Waals surface area contributed by atoms with E-state index in [4.69, 9.17) is 9.15 Å². The lowest BCUT2D eigenvalue weighted by Gasteiger charge is -2.11. The molecule has 0 saturated heterocycles. The molecule has 0 aliphatic rings. The van der Waals surface area contributed by atoms with Crippen molar-refractivity contribution in [1.29, 1.82) is 0 Å². The van der Waals surface area contributed by atoms with Crippen LogP contribution in [0.1, 0.15) is 21.7 Å². The molecule has 0 unspecified atom stereocenters. The third-order valence-electron chi connectivity index (χ3n) is 3.95. The highest BCUT2D eigenvalue weighted by molar-refractivity contribution is 6.04. The van der Waals surface area contributed by atoms with Gasteiger partial charge in [-0.1, -0.05) is 24.3 Å². The van der Waals surface area contributed by atoms with Crippen LogP contribution in [0.4, 0.5) is 5.69 Å². The van der Waals surface area contributed by atoms with Gasteiger partial charge in [0.15, 0.2) is 0 Å². The number of amides is 2. The van der Waals surface area contributed by atoms with Crippen molar-refractivity contribution in [2.75, 3.05) is 12.4 Å². The van der Waals surface area contributed by atoms with Crippen LogP contribution in [0, 0.1) is 0 Å². The van der Waals surface area contributed by atoms with Crippen LogP contribution in [-0.2, 0) is 17.8 Å². The third-order valence-corrected chi connectivity index (χ3v) is 3.95. The number of nitrogens with one attached hydrogen (secondary N) is 2. The van der Waals surface area contributed by atoms with E-state index < -0.39 is 0 Å². The summed E-state index contributed by atoms with van der Waals surface area (Å²) in [6.45, 7) is 0.276. The smallest absolute Gasteiger partial charge is 0.253 e. The van der Waals surface area contributed by atoms with Crippen LogP contribution in [0.3, 0.4) is 0 Å². The van der Waals surface area contributed by atoms with Gasteiger partial charge in [-0.3, -0.25) is 9.59 Å². The molecule has 6 heteroatoms. The van der Waals surface area contributed by atoms with Gasteiger partial charge in [0.2, 0.25) is 5.91 Å². The van der Waals surface area contributed by atoms with Gasteiger partial charge in [0.1, 0.15) is 11.5 Å². The molecule has 2 N–H and O–H groups in total. The van der Waals surface area contributed by atoms with E-state index in [-0.39, 0.29) is 24.8 Å². The van der Waals surface area contributed by atoms with E-state index in [2.05, 4.69) is 10.6 Å². The maximum absolute atomic E-state index is 12.5. The minimum atomic E-state index is -0.288. The van der Waals surface area contributed by atoms with Crippen molar-refractivity contribution >= 4 is 17.5 Å². The normalized spacial score (nSPS) is 10.3. The number of hydrogen-bond acceptors (Lipinski definition) is 4. The second kappa shape index (κ2) is 8.71. The molecule has 0 atom stereocenters. The highest BCUT2D eigenvalue weighted by atomic mass is 16.5. The number of rotatable bonds is 7. The number of carbonyl (C=O) groups excluding carboxylic acids is 2. The van der Waals surface area contributed by atoms with E-state index >= 15 is 0 Å². The van der Waals surface area contributed by atoms with Crippen LogP contribution in [0.25, 0.3) is 0 Å². The number of carbonyl (C=O) groups is 2. The summed E-state index contributed by atoms with van der Waals surface area (Å²) in [5.41, 5.74) is 1.68. The minimum absolute atomic E-state index is 0.180. The minimum Gasteiger partial charge on any atom is -0.497 e. The number of anilines is 1. The van der Waals surface area contributed by atoms with Crippen molar-refractivity contribution < 1.29 is 18.7 Å². The molecule has 27 heavy (non-hydrogen) atoms. The van der Waals surface area contributed by atoms with Crippen molar-refractivity contribution in [2.24, 2.45) is 0 Å². The molecule has 0 aliphatic heterocycles. The van der Waals surface area contributed by atoms with E-state index in [1.807, 2.05) is 24.3 Å². The van der Waals surface area contributed by atoms with E-state index in [1.165, 1.54) is 0 Å². The molecule has 0 saturated carbocycles. The Balaban J connectivity index is 1.65. The largest absolute Gasteiger partial charge is 0.497 e. The molecule has 0 spiro atoms. The SMILES string of the molecule is COc1cccc(CC(=O)Nc2ccccc2C(=O)NCc2ccco2)c1. The van der Waals surface area contributed by atoms with Crippen molar-refractivity contribution in [3.8, 4) is 5.75 Å². The Morgan fingerprint density at radius 3 is 2.67 bits per heavy atom. The highest BCUT2D eigenvalue weighted by Crippen LogP contribution is 2.17. The van der Waals surface area contributed by atoms with Gasteiger partial charge in [-0.15, -0.1) is 0 Å². The van der Waals surface area contributed by atoms with Crippen molar-refractivity contribution in [3.05, 3.63) is 83.8 Å². The van der Waals surface area contributed by atoms with Crippen LogP contribution in [0.15, 0.2) is 71.3 Å². The van der Waals surface area contributed by atoms with Crippen LogP contribution >= 0.6 is 0 Å². The number of hydrogen-bond donors (Lipinski definition) is 2. The van der Waals surface area contributed by atoms with Gasteiger partial charge in [-0.25, -0.2) is 0 Å². The number of furan rings is 1. The fourth-order valence-electron chi connectivity index (χ4n) is 2.63. The predicted molar refractivity (Wildman–Crippen MR) is 102 cm³/mol. The molecule has 0 aliphatic carbocycles. The van der Waals surface area contributed by atoms with Crippen LogP contribution in [0.2, 0.25) is 0 Å².